The molecular weight excluding hydrogens is 465 g/mol. The Bertz CT molecular complexity index is 1270. The predicted molar refractivity (Wildman–Crippen MR) is 120 cm³/mol. The summed E-state index contributed by atoms with van der Waals surface area (Å²) in [6.07, 6.45) is -4.73. The van der Waals surface area contributed by atoms with E-state index in [4.69, 9.17) is 10.5 Å². The van der Waals surface area contributed by atoms with Crippen molar-refractivity contribution in [3.8, 4) is 0 Å². The molecule has 0 spiro atoms. The van der Waals surface area contributed by atoms with Crippen LogP contribution in [0.4, 0.5) is 36.4 Å². The molecule has 1 saturated heterocycles. The Kier molecular flexibility index (Phi) is 6.54. The molecule has 2 heterocycles. The highest BCUT2D eigenvalue weighted by atomic mass is 19.4. The molecule has 0 saturated carbocycles. The predicted octanol–water partition coefficient (Wildman–Crippen LogP) is 3.62. The van der Waals surface area contributed by atoms with Gasteiger partial charge in [0.1, 0.15) is 0 Å². The molecule has 4 rings (SSSR count). The molecule has 35 heavy (non-hydrogen) atoms. The SMILES string of the molecule is Cc1ccccc1Nc1nc(N)nc(COC(=O)C2CC(=O)N(c3cccc(C(F)(F)F)c3)C2)n1. The molecular formula is C23H21F3N6O3. The number of aryl methyl sites for hydroxylation is 1. The standard InChI is InChI=1S/C23H21F3N6O3/c1-13-5-2-3-8-17(13)28-22-30-18(29-21(27)31-22)12-35-20(34)14-9-19(33)32(11-14)16-7-4-6-15(10-16)23(24,25)26/h2-8,10,14H,9,11-12H2,1H3,(H3,27,28,29,30,31). The minimum absolute atomic E-state index is 0.0669. The van der Waals surface area contributed by atoms with Crippen LogP contribution in [0.15, 0.2) is 48.5 Å². The molecule has 1 fully saturated rings. The van der Waals surface area contributed by atoms with Crippen molar-refractivity contribution in [2.24, 2.45) is 5.92 Å². The Morgan fingerprint density at radius 3 is 2.69 bits per heavy atom. The number of nitrogens with two attached hydrogens (primary N) is 1. The highest BCUT2D eigenvalue weighted by molar-refractivity contribution is 5.99. The fourth-order valence-corrected chi connectivity index (χ4v) is 3.61. The monoisotopic (exact) mass is 486 g/mol. The lowest BCUT2D eigenvalue weighted by Gasteiger charge is -2.18. The molecule has 0 radical (unpaired) electrons. The number of halogens is 3. The number of carbonyl (C=O) groups excluding carboxylic acids is 2. The van der Waals surface area contributed by atoms with Crippen molar-refractivity contribution >= 4 is 35.1 Å². The average Bonchev–Trinajstić information content (AvgIpc) is 3.20. The van der Waals surface area contributed by atoms with Gasteiger partial charge in [-0.3, -0.25) is 9.59 Å². The van der Waals surface area contributed by atoms with Crippen LogP contribution in [-0.4, -0.2) is 33.4 Å². The second kappa shape index (κ2) is 9.57. The lowest BCUT2D eigenvalue weighted by Crippen LogP contribution is -2.26. The molecule has 1 unspecified atom stereocenters. The molecule has 3 N–H and O–H groups in total. The molecule has 12 heteroatoms. The maximum Gasteiger partial charge on any atom is 0.416 e. The van der Waals surface area contributed by atoms with Gasteiger partial charge in [0.05, 0.1) is 11.5 Å². The zero-order valence-electron chi connectivity index (χ0n) is 18.5. The van der Waals surface area contributed by atoms with Crippen LogP contribution in [0.3, 0.4) is 0 Å². The number of ether oxygens (including phenoxy) is 1. The fourth-order valence-electron chi connectivity index (χ4n) is 3.61. The Hall–Kier alpha value is -4.22. The van der Waals surface area contributed by atoms with Gasteiger partial charge in [-0.1, -0.05) is 24.3 Å². The number of rotatable bonds is 6. The number of carbonyl (C=O) groups is 2. The maximum atomic E-state index is 13.0. The van der Waals surface area contributed by atoms with Gasteiger partial charge in [0.2, 0.25) is 17.8 Å². The number of hydrogen-bond acceptors (Lipinski definition) is 8. The summed E-state index contributed by atoms with van der Waals surface area (Å²) in [6, 6.07) is 11.9. The summed E-state index contributed by atoms with van der Waals surface area (Å²) in [5.41, 5.74) is 6.66. The Morgan fingerprint density at radius 1 is 1.17 bits per heavy atom. The molecule has 1 aliphatic rings. The van der Waals surface area contributed by atoms with Gasteiger partial charge < -0.3 is 20.7 Å². The van der Waals surface area contributed by atoms with Gasteiger partial charge in [-0.25, -0.2) is 0 Å². The number of amides is 1. The molecule has 3 aromatic rings. The minimum atomic E-state index is -4.55. The second-order valence-corrected chi connectivity index (χ2v) is 7.93. The first-order valence-corrected chi connectivity index (χ1v) is 10.6. The van der Waals surface area contributed by atoms with Crippen molar-refractivity contribution in [2.75, 3.05) is 22.5 Å². The number of anilines is 4. The summed E-state index contributed by atoms with van der Waals surface area (Å²) in [6.45, 7) is 1.49. The molecule has 2 aromatic carbocycles. The third-order valence-electron chi connectivity index (χ3n) is 5.38. The van der Waals surface area contributed by atoms with Crippen molar-refractivity contribution < 1.29 is 27.5 Å². The summed E-state index contributed by atoms with van der Waals surface area (Å²) in [7, 11) is 0. The topological polar surface area (TPSA) is 123 Å². The first kappa shape index (κ1) is 23.9. The van der Waals surface area contributed by atoms with Gasteiger partial charge >= 0.3 is 12.1 Å². The third-order valence-corrected chi connectivity index (χ3v) is 5.38. The first-order valence-electron chi connectivity index (χ1n) is 10.6. The summed E-state index contributed by atoms with van der Waals surface area (Å²) < 4.78 is 44.3. The molecule has 1 amide bonds. The van der Waals surface area contributed by atoms with Gasteiger partial charge in [0.15, 0.2) is 12.4 Å². The highest BCUT2D eigenvalue weighted by Crippen LogP contribution is 2.33. The maximum absolute atomic E-state index is 13.0. The fraction of sp³-hybridized carbons (Fsp3) is 0.261. The van der Waals surface area contributed by atoms with E-state index < -0.39 is 29.5 Å². The largest absolute Gasteiger partial charge is 0.457 e. The first-order chi connectivity index (χ1) is 16.6. The highest BCUT2D eigenvalue weighted by Gasteiger charge is 2.37. The Morgan fingerprint density at radius 2 is 1.94 bits per heavy atom. The van der Waals surface area contributed by atoms with Crippen LogP contribution >= 0.6 is 0 Å². The normalized spacial score (nSPS) is 15.8. The molecule has 1 aliphatic heterocycles. The number of hydrogen-bond donors (Lipinski definition) is 2. The summed E-state index contributed by atoms with van der Waals surface area (Å²) in [5, 5.41) is 3.03. The number of nitrogen functional groups attached to an aromatic ring is 1. The van der Waals surface area contributed by atoms with Crippen molar-refractivity contribution in [3.63, 3.8) is 0 Å². The molecule has 182 valence electrons. The number of nitrogens with zero attached hydrogens (tertiary/aromatic N) is 4. The zero-order valence-corrected chi connectivity index (χ0v) is 18.5. The van der Waals surface area contributed by atoms with Crippen molar-refractivity contribution in [2.45, 2.75) is 26.1 Å². The molecule has 1 atom stereocenters. The molecule has 0 aliphatic carbocycles. The number of para-hydroxylation sites is 1. The summed E-state index contributed by atoms with van der Waals surface area (Å²) >= 11 is 0. The van der Waals surface area contributed by atoms with Crippen LogP contribution in [0.2, 0.25) is 0 Å². The molecule has 9 nitrogen and oxygen atoms in total. The van der Waals surface area contributed by atoms with E-state index in [2.05, 4.69) is 20.3 Å². The third kappa shape index (κ3) is 5.65. The molecule has 1 aromatic heterocycles. The van der Waals surface area contributed by atoms with E-state index in [0.717, 1.165) is 28.3 Å². The second-order valence-electron chi connectivity index (χ2n) is 7.93. The van der Waals surface area contributed by atoms with Crippen molar-refractivity contribution in [3.05, 3.63) is 65.5 Å². The zero-order chi connectivity index (χ0) is 25.2. The van der Waals surface area contributed by atoms with E-state index in [1.807, 2.05) is 31.2 Å². The smallest absolute Gasteiger partial charge is 0.416 e. The van der Waals surface area contributed by atoms with E-state index in [0.29, 0.717) is 0 Å². The van der Waals surface area contributed by atoms with E-state index in [1.165, 1.54) is 12.1 Å². The van der Waals surface area contributed by atoms with Crippen LogP contribution in [0.5, 0.6) is 0 Å². The Balaban J connectivity index is 1.40. The minimum Gasteiger partial charge on any atom is -0.457 e. The summed E-state index contributed by atoms with van der Waals surface area (Å²) in [5.74, 6) is -1.82. The van der Waals surface area contributed by atoms with Gasteiger partial charge in [0, 0.05) is 24.3 Å². The van der Waals surface area contributed by atoms with Crippen LogP contribution in [0, 0.1) is 12.8 Å². The van der Waals surface area contributed by atoms with Gasteiger partial charge in [-0.2, -0.15) is 28.1 Å². The number of esters is 1. The number of alkyl halides is 3. The van der Waals surface area contributed by atoms with Gasteiger partial charge in [-0.05, 0) is 36.8 Å². The van der Waals surface area contributed by atoms with Crippen molar-refractivity contribution in [1.29, 1.82) is 0 Å². The van der Waals surface area contributed by atoms with E-state index in [9.17, 15) is 22.8 Å². The number of nitrogens with one attached hydrogen (secondary N) is 1. The van der Waals surface area contributed by atoms with E-state index in [1.54, 1.807) is 0 Å². The molecule has 0 bridgehead atoms. The van der Waals surface area contributed by atoms with Crippen LogP contribution in [-0.2, 0) is 27.1 Å². The number of aromatic nitrogens is 3. The van der Waals surface area contributed by atoms with Crippen LogP contribution in [0.25, 0.3) is 0 Å². The van der Waals surface area contributed by atoms with E-state index >= 15 is 0 Å². The van der Waals surface area contributed by atoms with Crippen molar-refractivity contribution in [1.82, 2.24) is 15.0 Å². The average molecular weight is 486 g/mol. The van der Waals surface area contributed by atoms with Gasteiger partial charge in [-0.15, -0.1) is 0 Å². The Labute approximate surface area is 198 Å². The van der Waals surface area contributed by atoms with Crippen LogP contribution < -0.4 is 16.0 Å². The number of benzene rings is 2. The lowest BCUT2D eigenvalue weighted by atomic mass is 10.1. The van der Waals surface area contributed by atoms with E-state index in [-0.39, 0.29) is 43.0 Å². The van der Waals surface area contributed by atoms with Crippen LogP contribution in [0.1, 0.15) is 23.4 Å². The lowest BCUT2D eigenvalue weighted by molar-refractivity contribution is -0.150. The van der Waals surface area contributed by atoms with Gasteiger partial charge in [0.25, 0.3) is 0 Å². The quantitative estimate of drug-likeness (QED) is 0.507. The summed E-state index contributed by atoms with van der Waals surface area (Å²) in [4.78, 5) is 38.3.